The Morgan fingerprint density at radius 3 is 2.29 bits per heavy atom. The standard InChI is InChI=1S/C27H26N4O3/c1-19-9-11-20(12-10-19)26-24(17-31(29-26)22-7-5-4-6-8-22)27(33)30(2)18-25(32)28-21-13-15-23(34-3)16-14-21/h4-17H,18H2,1-3H3,(H,28,32). The minimum absolute atomic E-state index is 0.102. The number of aryl methyl sites for hydroxylation is 1. The minimum Gasteiger partial charge on any atom is -0.497 e. The van der Waals surface area contributed by atoms with Gasteiger partial charge in [0.2, 0.25) is 5.91 Å². The molecule has 0 saturated carbocycles. The second-order valence-corrected chi connectivity index (χ2v) is 7.98. The zero-order chi connectivity index (χ0) is 24.1. The zero-order valence-electron chi connectivity index (χ0n) is 19.4. The highest BCUT2D eigenvalue weighted by atomic mass is 16.5. The molecule has 0 fully saturated rings. The monoisotopic (exact) mass is 454 g/mol. The summed E-state index contributed by atoms with van der Waals surface area (Å²) in [7, 11) is 3.19. The van der Waals surface area contributed by atoms with E-state index in [1.165, 1.54) is 4.90 Å². The Balaban J connectivity index is 1.57. The Morgan fingerprint density at radius 2 is 1.65 bits per heavy atom. The summed E-state index contributed by atoms with van der Waals surface area (Å²) in [5, 5.41) is 7.51. The summed E-state index contributed by atoms with van der Waals surface area (Å²) in [6.07, 6.45) is 1.71. The third-order valence-electron chi connectivity index (χ3n) is 5.39. The predicted molar refractivity (Wildman–Crippen MR) is 132 cm³/mol. The van der Waals surface area contributed by atoms with Gasteiger partial charge in [-0.15, -0.1) is 0 Å². The number of ether oxygens (including phenoxy) is 1. The third-order valence-corrected chi connectivity index (χ3v) is 5.39. The molecule has 0 unspecified atom stereocenters. The molecule has 1 N–H and O–H groups in total. The normalized spacial score (nSPS) is 10.6. The van der Waals surface area contributed by atoms with E-state index in [9.17, 15) is 9.59 Å². The number of rotatable bonds is 7. The van der Waals surface area contributed by atoms with Crippen LogP contribution in [0, 0.1) is 6.92 Å². The number of carbonyl (C=O) groups is 2. The number of hydrogen-bond donors (Lipinski definition) is 1. The number of nitrogens with one attached hydrogen (secondary N) is 1. The highest BCUT2D eigenvalue weighted by Crippen LogP contribution is 2.25. The van der Waals surface area contributed by atoms with Crippen LogP contribution < -0.4 is 10.1 Å². The molecule has 2 amide bonds. The number of para-hydroxylation sites is 1. The van der Waals surface area contributed by atoms with Crippen LogP contribution in [0.15, 0.2) is 85.1 Å². The number of hydrogen-bond acceptors (Lipinski definition) is 4. The molecule has 0 saturated heterocycles. The van der Waals surface area contributed by atoms with Crippen molar-refractivity contribution in [3.8, 4) is 22.7 Å². The van der Waals surface area contributed by atoms with Crippen molar-refractivity contribution in [2.24, 2.45) is 0 Å². The lowest BCUT2D eigenvalue weighted by Gasteiger charge is -2.17. The Kier molecular flexibility index (Phi) is 6.73. The fraction of sp³-hybridized carbons (Fsp3) is 0.148. The van der Waals surface area contributed by atoms with Crippen LogP contribution in [0.3, 0.4) is 0 Å². The summed E-state index contributed by atoms with van der Waals surface area (Å²) in [5.41, 5.74) is 4.41. The first-order valence-electron chi connectivity index (χ1n) is 10.9. The first-order chi connectivity index (χ1) is 16.4. The largest absolute Gasteiger partial charge is 0.497 e. The molecular formula is C27H26N4O3. The number of methoxy groups -OCH3 is 1. The van der Waals surface area contributed by atoms with Gasteiger partial charge >= 0.3 is 0 Å². The molecule has 1 aromatic heterocycles. The molecule has 4 aromatic rings. The maximum absolute atomic E-state index is 13.4. The Labute approximate surface area is 198 Å². The molecule has 7 heteroatoms. The molecule has 0 aliphatic rings. The van der Waals surface area contributed by atoms with Gasteiger partial charge < -0.3 is 15.0 Å². The summed E-state index contributed by atoms with van der Waals surface area (Å²) in [6.45, 7) is 1.91. The molecule has 0 bridgehead atoms. The van der Waals surface area contributed by atoms with Gasteiger partial charge in [-0.3, -0.25) is 9.59 Å². The summed E-state index contributed by atoms with van der Waals surface area (Å²) < 4.78 is 6.82. The first kappa shape index (κ1) is 22.8. The second-order valence-electron chi connectivity index (χ2n) is 7.98. The van der Waals surface area contributed by atoms with Gasteiger partial charge in [0.25, 0.3) is 5.91 Å². The van der Waals surface area contributed by atoms with E-state index in [-0.39, 0.29) is 18.4 Å². The van der Waals surface area contributed by atoms with Crippen LogP contribution in [0.25, 0.3) is 16.9 Å². The van der Waals surface area contributed by atoms with Crippen molar-refractivity contribution < 1.29 is 14.3 Å². The highest BCUT2D eigenvalue weighted by molar-refractivity contribution is 6.02. The smallest absolute Gasteiger partial charge is 0.257 e. The van der Waals surface area contributed by atoms with Crippen LogP contribution in [-0.2, 0) is 4.79 Å². The van der Waals surface area contributed by atoms with Crippen LogP contribution in [0.1, 0.15) is 15.9 Å². The molecule has 0 aliphatic heterocycles. The number of aromatic nitrogens is 2. The Morgan fingerprint density at radius 1 is 0.971 bits per heavy atom. The zero-order valence-corrected chi connectivity index (χ0v) is 19.4. The van der Waals surface area contributed by atoms with Gasteiger partial charge in [0.05, 0.1) is 24.9 Å². The van der Waals surface area contributed by atoms with Gasteiger partial charge in [-0.25, -0.2) is 4.68 Å². The van der Waals surface area contributed by atoms with Gasteiger partial charge in [0, 0.05) is 24.5 Å². The average Bonchev–Trinajstić information content (AvgIpc) is 3.30. The van der Waals surface area contributed by atoms with Crippen molar-refractivity contribution in [2.45, 2.75) is 6.92 Å². The topological polar surface area (TPSA) is 76.5 Å². The van der Waals surface area contributed by atoms with Gasteiger partial charge in [-0.05, 0) is 43.3 Å². The van der Waals surface area contributed by atoms with Crippen LogP contribution in [0.4, 0.5) is 5.69 Å². The number of carbonyl (C=O) groups excluding carboxylic acids is 2. The molecule has 0 aliphatic carbocycles. The van der Waals surface area contributed by atoms with E-state index in [1.54, 1.807) is 49.3 Å². The molecule has 172 valence electrons. The molecule has 0 atom stereocenters. The van der Waals surface area contributed by atoms with Crippen LogP contribution in [0.2, 0.25) is 0 Å². The van der Waals surface area contributed by atoms with Crippen molar-refractivity contribution in [2.75, 3.05) is 26.0 Å². The first-order valence-corrected chi connectivity index (χ1v) is 10.9. The van der Waals surface area contributed by atoms with Crippen molar-refractivity contribution in [1.82, 2.24) is 14.7 Å². The summed E-state index contributed by atoms with van der Waals surface area (Å²) in [5.74, 6) is 0.111. The van der Waals surface area contributed by atoms with Crippen LogP contribution >= 0.6 is 0 Å². The van der Waals surface area contributed by atoms with Gasteiger partial charge in [0.15, 0.2) is 0 Å². The van der Waals surface area contributed by atoms with Crippen LogP contribution in [0.5, 0.6) is 5.75 Å². The van der Waals surface area contributed by atoms with Gasteiger partial charge in [-0.2, -0.15) is 5.10 Å². The maximum Gasteiger partial charge on any atom is 0.257 e. The van der Waals surface area contributed by atoms with Gasteiger partial charge in [-0.1, -0.05) is 48.0 Å². The average molecular weight is 455 g/mol. The number of benzene rings is 3. The van der Waals surface area contributed by atoms with Crippen LogP contribution in [-0.4, -0.2) is 47.2 Å². The maximum atomic E-state index is 13.4. The molecule has 0 spiro atoms. The summed E-state index contributed by atoms with van der Waals surface area (Å²) in [6, 6.07) is 24.5. The fourth-order valence-electron chi connectivity index (χ4n) is 3.54. The SMILES string of the molecule is COc1ccc(NC(=O)CN(C)C(=O)c2cn(-c3ccccc3)nc2-c2ccc(C)cc2)cc1. The lowest BCUT2D eigenvalue weighted by molar-refractivity contribution is -0.116. The van der Waals surface area contributed by atoms with E-state index < -0.39 is 0 Å². The molecule has 4 rings (SSSR count). The molecule has 1 heterocycles. The third kappa shape index (κ3) is 5.15. The molecule has 0 radical (unpaired) electrons. The van der Waals surface area contributed by atoms with E-state index in [0.717, 1.165) is 16.8 Å². The second kappa shape index (κ2) is 10.0. The van der Waals surface area contributed by atoms with E-state index in [2.05, 4.69) is 5.32 Å². The summed E-state index contributed by atoms with van der Waals surface area (Å²) in [4.78, 5) is 27.4. The van der Waals surface area contributed by atoms with Crippen molar-refractivity contribution in [3.05, 3.63) is 96.2 Å². The van der Waals surface area contributed by atoms with Crippen molar-refractivity contribution >= 4 is 17.5 Å². The van der Waals surface area contributed by atoms with E-state index in [4.69, 9.17) is 9.84 Å². The highest BCUT2D eigenvalue weighted by Gasteiger charge is 2.23. The molecular weight excluding hydrogens is 428 g/mol. The van der Waals surface area contributed by atoms with E-state index in [0.29, 0.717) is 22.7 Å². The Bertz CT molecular complexity index is 1280. The molecule has 34 heavy (non-hydrogen) atoms. The number of amides is 2. The van der Waals surface area contributed by atoms with Crippen molar-refractivity contribution in [1.29, 1.82) is 0 Å². The molecule has 3 aromatic carbocycles. The quantitative estimate of drug-likeness (QED) is 0.444. The van der Waals surface area contributed by atoms with E-state index in [1.807, 2.05) is 61.5 Å². The van der Waals surface area contributed by atoms with E-state index >= 15 is 0 Å². The number of anilines is 1. The molecule has 7 nitrogen and oxygen atoms in total. The lowest BCUT2D eigenvalue weighted by Crippen LogP contribution is -2.35. The number of likely N-dealkylation sites (N-methyl/N-ethyl adjacent to an activating group) is 1. The van der Waals surface area contributed by atoms with Gasteiger partial charge in [0.1, 0.15) is 11.4 Å². The summed E-state index contributed by atoms with van der Waals surface area (Å²) >= 11 is 0. The van der Waals surface area contributed by atoms with Crippen molar-refractivity contribution in [3.63, 3.8) is 0 Å². The fourth-order valence-corrected chi connectivity index (χ4v) is 3.54. The lowest BCUT2D eigenvalue weighted by atomic mass is 10.1. The number of nitrogens with zero attached hydrogens (tertiary/aromatic N) is 3. The predicted octanol–water partition coefficient (Wildman–Crippen LogP) is 4.57. The minimum atomic E-state index is -0.298. The Hall–Kier alpha value is -4.39.